The van der Waals surface area contributed by atoms with Gasteiger partial charge in [0.25, 0.3) is 0 Å². The van der Waals surface area contributed by atoms with Gasteiger partial charge in [-0.25, -0.2) is 9.97 Å². The molecule has 6 heteroatoms. The van der Waals surface area contributed by atoms with Gasteiger partial charge in [0.05, 0.1) is 0 Å². The van der Waals surface area contributed by atoms with E-state index in [1.807, 2.05) is 19.9 Å². The van der Waals surface area contributed by atoms with Gasteiger partial charge in [-0.05, 0) is 58.7 Å². The molecule has 0 aliphatic carbocycles. The van der Waals surface area contributed by atoms with Crippen molar-refractivity contribution in [2.45, 2.75) is 52.5 Å². The van der Waals surface area contributed by atoms with Crippen molar-refractivity contribution in [2.75, 3.05) is 37.6 Å². The van der Waals surface area contributed by atoms with E-state index in [1.165, 1.54) is 19.4 Å². The van der Waals surface area contributed by atoms with Crippen molar-refractivity contribution in [1.29, 1.82) is 0 Å². The number of carbonyl (C=O) groups excluding carboxylic acids is 1. The third-order valence-electron chi connectivity index (χ3n) is 5.54. The number of aromatic nitrogens is 2. The summed E-state index contributed by atoms with van der Waals surface area (Å²) in [6.45, 7) is 11.0. The van der Waals surface area contributed by atoms with E-state index in [1.54, 1.807) is 0 Å². The Kier molecular flexibility index (Phi) is 5.89. The first kappa shape index (κ1) is 18.1. The molecule has 0 spiro atoms. The van der Waals surface area contributed by atoms with Crippen LogP contribution >= 0.6 is 0 Å². The summed E-state index contributed by atoms with van der Waals surface area (Å²) in [5.74, 6) is 1.16. The molecule has 0 saturated carbocycles. The molecule has 1 amide bonds. The highest BCUT2D eigenvalue weighted by Crippen LogP contribution is 2.22. The zero-order valence-electron chi connectivity index (χ0n) is 15.8. The molecule has 2 fully saturated rings. The zero-order chi connectivity index (χ0) is 17.8. The Bertz CT molecular complexity index is 577. The topological polar surface area (TPSA) is 61.4 Å². The Morgan fingerprint density at radius 3 is 2.48 bits per heavy atom. The normalized spacial score (nSPS) is 22.4. The summed E-state index contributed by atoms with van der Waals surface area (Å²) < 4.78 is 0. The van der Waals surface area contributed by atoms with E-state index in [4.69, 9.17) is 0 Å². The molecule has 2 aliphatic rings. The maximum atomic E-state index is 12.5. The number of rotatable bonds is 5. The molecule has 6 nitrogen and oxygen atoms in total. The highest BCUT2D eigenvalue weighted by atomic mass is 16.1. The summed E-state index contributed by atoms with van der Waals surface area (Å²) in [4.78, 5) is 26.3. The average molecular weight is 345 g/mol. The largest absolute Gasteiger partial charge is 0.354 e. The minimum Gasteiger partial charge on any atom is -0.354 e. The highest BCUT2D eigenvalue weighted by molar-refractivity contribution is 5.79. The summed E-state index contributed by atoms with van der Waals surface area (Å²) >= 11 is 0. The Morgan fingerprint density at radius 1 is 1.16 bits per heavy atom. The molecule has 2 aliphatic heterocycles. The van der Waals surface area contributed by atoms with Gasteiger partial charge in [0.15, 0.2) is 0 Å². The summed E-state index contributed by atoms with van der Waals surface area (Å²) in [5, 5.41) is 3.20. The van der Waals surface area contributed by atoms with Gasteiger partial charge in [-0.15, -0.1) is 0 Å². The molecule has 0 aromatic carbocycles. The van der Waals surface area contributed by atoms with Crippen LogP contribution in [-0.2, 0) is 4.79 Å². The molecular weight excluding hydrogens is 314 g/mol. The van der Waals surface area contributed by atoms with Gasteiger partial charge in [-0.1, -0.05) is 6.92 Å². The molecule has 1 aromatic heterocycles. The highest BCUT2D eigenvalue weighted by Gasteiger charge is 2.28. The predicted molar refractivity (Wildman–Crippen MR) is 99.7 cm³/mol. The smallest absolute Gasteiger partial charge is 0.225 e. The van der Waals surface area contributed by atoms with Gasteiger partial charge in [0, 0.05) is 43.0 Å². The van der Waals surface area contributed by atoms with Crippen LogP contribution in [0, 0.1) is 19.8 Å². The molecule has 1 atom stereocenters. The minimum atomic E-state index is 0.124. The third-order valence-corrected chi connectivity index (χ3v) is 5.54. The Balaban J connectivity index is 1.47. The van der Waals surface area contributed by atoms with Gasteiger partial charge in [-0.3, -0.25) is 9.69 Å². The van der Waals surface area contributed by atoms with Crippen molar-refractivity contribution in [1.82, 2.24) is 20.2 Å². The van der Waals surface area contributed by atoms with E-state index in [2.05, 4.69) is 32.0 Å². The van der Waals surface area contributed by atoms with Crippen LogP contribution in [0.15, 0.2) is 6.07 Å². The van der Waals surface area contributed by atoms with Crippen molar-refractivity contribution in [3.63, 3.8) is 0 Å². The zero-order valence-corrected chi connectivity index (χ0v) is 15.8. The molecule has 138 valence electrons. The van der Waals surface area contributed by atoms with E-state index in [9.17, 15) is 4.79 Å². The molecule has 1 N–H and O–H groups in total. The molecule has 0 bridgehead atoms. The number of nitrogens with zero attached hydrogens (tertiary/aromatic N) is 4. The second-order valence-electron chi connectivity index (χ2n) is 7.38. The first-order valence-electron chi connectivity index (χ1n) is 9.65. The number of likely N-dealkylation sites (tertiary alicyclic amines) is 1. The van der Waals surface area contributed by atoms with E-state index >= 15 is 0 Å². The number of hydrogen-bond donors (Lipinski definition) is 1. The number of hydrogen-bond acceptors (Lipinski definition) is 5. The maximum absolute atomic E-state index is 12.5. The van der Waals surface area contributed by atoms with Crippen LogP contribution < -0.4 is 10.2 Å². The summed E-state index contributed by atoms with van der Waals surface area (Å²) in [6.07, 6.45) is 4.22. The average Bonchev–Trinajstić information content (AvgIpc) is 3.06. The lowest BCUT2D eigenvalue weighted by Gasteiger charge is -2.32. The first-order chi connectivity index (χ1) is 12.1. The van der Waals surface area contributed by atoms with Gasteiger partial charge < -0.3 is 10.2 Å². The summed E-state index contributed by atoms with van der Waals surface area (Å²) in [6, 6.07) is 2.52. The fourth-order valence-corrected chi connectivity index (χ4v) is 4.10. The number of likely N-dealkylation sites (N-methyl/N-ethyl adjacent to an activating group) is 1. The van der Waals surface area contributed by atoms with Crippen LogP contribution in [0.4, 0.5) is 5.95 Å². The van der Waals surface area contributed by atoms with Crippen molar-refractivity contribution in [3.05, 3.63) is 17.5 Å². The van der Waals surface area contributed by atoms with Crippen LogP contribution in [0.2, 0.25) is 0 Å². The van der Waals surface area contributed by atoms with Gasteiger partial charge in [0.2, 0.25) is 11.9 Å². The predicted octanol–water partition coefficient (Wildman–Crippen LogP) is 1.91. The molecule has 25 heavy (non-hydrogen) atoms. The van der Waals surface area contributed by atoms with Crippen molar-refractivity contribution in [3.8, 4) is 0 Å². The number of anilines is 1. The van der Waals surface area contributed by atoms with Crippen molar-refractivity contribution in [2.24, 2.45) is 5.92 Å². The second-order valence-corrected chi connectivity index (χ2v) is 7.38. The molecule has 0 radical (unpaired) electrons. The van der Waals surface area contributed by atoms with E-state index in [0.717, 1.165) is 56.4 Å². The van der Waals surface area contributed by atoms with Gasteiger partial charge >= 0.3 is 0 Å². The Morgan fingerprint density at radius 2 is 1.84 bits per heavy atom. The first-order valence-corrected chi connectivity index (χ1v) is 9.65. The van der Waals surface area contributed by atoms with Crippen LogP contribution in [-0.4, -0.2) is 59.5 Å². The Hall–Kier alpha value is -1.69. The molecule has 2 saturated heterocycles. The van der Waals surface area contributed by atoms with Crippen LogP contribution in [0.25, 0.3) is 0 Å². The van der Waals surface area contributed by atoms with Gasteiger partial charge in [0.1, 0.15) is 0 Å². The lowest BCUT2D eigenvalue weighted by atomic mass is 9.96. The Labute approximate surface area is 151 Å². The fraction of sp³-hybridized carbons (Fsp3) is 0.737. The molecular formula is C19H31N5O. The quantitative estimate of drug-likeness (QED) is 0.883. The SMILES string of the molecule is CCN1CCC[C@@H]1CNC(=O)C1CCN(c2nc(C)cc(C)n2)CC1. The fourth-order valence-electron chi connectivity index (χ4n) is 4.10. The lowest BCUT2D eigenvalue weighted by Crippen LogP contribution is -2.45. The third kappa shape index (κ3) is 4.48. The lowest BCUT2D eigenvalue weighted by molar-refractivity contribution is -0.125. The number of piperidine rings is 1. The monoisotopic (exact) mass is 345 g/mol. The van der Waals surface area contributed by atoms with E-state index < -0.39 is 0 Å². The molecule has 0 unspecified atom stereocenters. The van der Waals surface area contributed by atoms with E-state index in [0.29, 0.717) is 6.04 Å². The molecule has 3 heterocycles. The number of aryl methyl sites for hydroxylation is 2. The van der Waals surface area contributed by atoms with Crippen molar-refractivity contribution < 1.29 is 4.79 Å². The van der Waals surface area contributed by atoms with Crippen LogP contribution in [0.3, 0.4) is 0 Å². The number of carbonyl (C=O) groups is 1. The number of nitrogens with one attached hydrogen (secondary N) is 1. The maximum Gasteiger partial charge on any atom is 0.225 e. The molecule has 3 rings (SSSR count). The minimum absolute atomic E-state index is 0.124. The second kappa shape index (κ2) is 8.13. The van der Waals surface area contributed by atoms with Crippen molar-refractivity contribution >= 4 is 11.9 Å². The van der Waals surface area contributed by atoms with Gasteiger partial charge in [-0.2, -0.15) is 0 Å². The van der Waals surface area contributed by atoms with Crippen LogP contribution in [0.1, 0.15) is 44.0 Å². The van der Waals surface area contributed by atoms with E-state index in [-0.39, 0.29) is 11.8 Å². The summed E-state index contributed by atoms with van der Waals surface area (Å²) in [5.41, 5.74) is 2.00. The van der Waals surface area contributed by atoms with Crippen LogP contribution in [0.5, 0.6) is 0 Å². The number of amides is 1. The molecule has 1 aromatic rings. The summed E-state index contributed by atoms with van der Waals surface area (Å²) in [7, 11) is 0. The standard InChI is InChI=1S/C19H31N5O/c1-4-23-9-5-6-17(23)13-20-18(25)16-7-10-24(11-8-16)19-21-14(2)12-15(3)22-19/h12,16-17H,4-11,13H2,1-3H3,(H,20,25)/t17-/m1/s1.